The minimum Gasteiger partial charge on any atom is -0.495 e. The van der Waals surface area contributed by atoms with Crippen LogP contribution in [0.25, 0.3) is 0 Å². The molecule has 2 rings (SSSR count). The van der Waals surface area contributed by atoms with Crippen molar-refractivity contribution in [1.29, 1.82) is 0 Å². The van der Waals surface area contributed by atoms with Crippen LogP contribution in [0.2, 0.25) is 0 Å². The number of hydrogen-bond acceptors (Lipinski definition) is 4. The van der Waals surface area contributed by atoms with E-state index in [0.717, 1.165) is 36.1 Å². The SMILES string of the molecule is CC.OCCOC1=CC([SH+]c2ccc(OCCO)cc2)=CCC1. The summed E-state index contributed by atoms with van der Waals surface area (Å²) in [6.07, 6.45) is 6.13. The third-order valence-corrected chi connectivity index (χ3v) is 4.01. The van der Waals surface area contributed by atoms with Crippen LogP contribution in [0.3, 0.4) is 0 Å². The molecule has 23 heavy (non-hydrogen) atoms. The zero-order valence-corrected chi connectivity index (χ0v) is 14.8. The van der Waals surface area contributed by atoms with Crippen molar-refractivity contribution >= 4 is 11.8 Å². The summed E-state index contributed by atoms with van der Waals surface area (Å²) in [6.45, 7) is 4.74. The van der Waals surface area contributed by atoms with Gasteiger partial charge in [0.15, 0.2) is 9.80 Å². The normalized spacial score (nSPS) is 13.4. The summed E-state index contributed by atoms with van der Waals surface area (Å²) in [5, 5.41) is 17.5. The van der Waals surface area contributed by atoms with E-state index in [4.69, 9.17) is 19.7 Å². The van der Waals surface area contributed by atoms with Gasteiger partial charge in [-0.15, -0.1) is 0 Å². The zero-order chi connectivity index (χ0) is 16.9. The molecule has 1 aliphatic carbocycles. The molecule has 0 radical (unpaired) electrons. The molecule has 2 N–H and O–H groups in total. The fraction of sp³-hybridized carbons (Fsp3) is 0.444. The summed E-state index contributed by atoms with van der Waals surface area (Å²) in [6, 6.07) is 7.86. The fourth-order valence-corrected chi connectivity index (χ4v) is 2.98. The molecular weight excluding hydrogens is 312 g/mol. The molecule has 5 heteroatoms. The number of rotatable bonds is 8. The van der Waals surface area contributed by atoms with Crippen molar-refractivity contribution in [3.8, 4) is 5.75 Å². The molecule has 0 atom stereocenters. The van der Waals surface area contributed by atoms with E-state index in [9.17, 15) is 0 Å². The number of thiol groups is 1. The molecule has 0 bridgehead atoms. The molecule has 0 unspecified atom stereocenters. The number of hydrogen-bond donors (Lipinski definition) is 2. The van der Waals surface area contributed by atoms with Crippen molar-refractivity contribution in [3.05, 3.63) is 47.1 Å². The van der Waals surface area contributed by atoms with Crippen molar-refractivity contribution in [3.63, 3.8) is 0 Å². The first kappa shape index (κ1) is 19.6. The first-order valence-corrected chi connectivity index (χ1v) is 8.91. The molecule has 0 heterocycles. The Bertz CT molecular complexity index is 494. The van der Waals surface area contributed by atoms with E-state index >= 15 is 0 Å². The van der Waals surface area contributed by atoms with Crippen molar-refractivity contribution in [2.45, 2.75) is 31.6 Å². The van der Waals surface area contributed by atoms with Gasteiger partial charge < -0.3 is 19.7 Å². The Kier molecular flexibility index (Phi) is 10.3. The van der Waals surface area contributed by atoms with Gasteiger partial charge in [0.1, 0.15) is 24.7 Å². The second-order valence-corrected chi connectivity index (χ2v) is 5.78. The van der Waals surface area contributed by atoms with Crippen LogP contribution in [0.1, 0.15) is 26.7 Å². The monoisotopic (exact) mass is 339 g/mol. The molecule has 0 aromatic heterocycles. The second-order valence-electron chi connectivity index (χ2n) is 4.53. The van der Waals surface area contributed by atoms with Gasteiger partial charge in [0, 0.05) is 24.3 Å². The number of benzene rings is 1. The lowest BCUT2D eigenvalue weighted by atomic mass is 10.1. The molecule has 0 saturated carbocycles. The Hall–Kier alpha value is -1.43. The molecule has 1 aromatic rings. The van der Waals surface area contributed by atoms with E-state index in [1.165, 1.54) is 9.80 Å². The Morgan fingerprint density at radius 3 is 2.30 bits per heavy atom. The van der Waals surface area contributed by atoms with Gasteiger partial charge in [0.2, 0.25) is 0 Å². The lowest BCUT2D eigenvalue weighted by Crippen LogP contribution is -2.03. The van der Waals surface area contributed by atoms with Gasteiger partial charge in [-0.1, -0.05) is 13.8 Å². The highest BCUT2D eigenvalue weighted by molar-refractivity contribution is 7.83. The Morgan fingerprint density at radius 2 is 1.65 bits per heavy atom. The van der Waals surface area contributed by atoms with Crippen LogP contribution in [0, 0.1) is 0 Å². The molecule has 0 saturated heterocycles. The van der Waals surface area contributed by atoms with Crippen LogP contribution in [-0.4, -0.2) is 36.6 Å². The summed E-state index contributed by atoms with van der Waals surface area (Å²) in [7, 11) is 0. The van der Waals surface area contributed by atoms with Gasteiger partial charge in [-0.3, -0.25) is 0 Å². The quantitative estimate of drug-likeness (QED) is 0.565. The van der Waals surface area contributed by atoms with Crippen LogP contribution in [0.15, 0.2) is 52.0 Å². The largest absolute Gasteiger partial charge is 0.495 e. The third-order valence-electron chi connectivity index (χ3n) is 2.89. The molecule has 4 nitrogen and oxygen atoms in total. The van der Waals surface area contributed by atoms with E-state index in [1.807, 2.05) is 38.1 Å². The zero-order valence-electron chi connectivity index (χ0n) is 13.9. The van der Waals surface area contributed by atoms with Crippen molar-refractivity contribution in [2.75, 3.05) is 26.4 Å². The predicted octanol–water partition coefficient (Wildman–Crippen LogP) is 2.83. The van der Waals surface area contributed by atoms with Gasteiger partial charge in [-0.2, -0.15) is 0 Å². The molecule has 1 aromatic carbocycles. The molecule has 128 valence electrons. The second kappa shape index (κ2) is 12.0. The highest BCUT2D eigenvalue weighted by Crippen LogP contribution is 2.23. The van der Waals surface area contributed by atoms with Crippen LogP contribution < -0.4 is 4.74 Å². The van der Waals surface area contributed by atoms with E-state index in [-0.39, 0.29) is 13.2 Å². The number of aliphatic hydroxyl groups is 2. The molecule has 0 amide bonds. The van der Waals surface area contributed by atoms with Crippen molar-refractivity contribution in [2.24, 2.45) is 0 Å². The standard InChI is InChI=1S/C16H20O4S.C2H6/c17-8-10-19-13-4-6-15(7-5-13)21-16-3-1-2-14(12-16)20-11-9-18;1-2/h3-7,12,17-18H,1-2,8-11H2;1-2H3/p+1. The maximum atomic E-state index is 8.79. The lowest BCUT2D eigenvalue weighted by Gasteiger charge is -2.11. The van der Waals surface area contributed by atoms with Gasteiger partial charge >= 0.3 is 0 Å². The topological polar surface area (TPSA) is 58.9 Å². The fourth-order valence-electron chi connectivity index (χ4n) is 1.96. The van der Waals surface area contributed by atoms with Crippen molar-refractivity contribution < 1.29 is 19.7 Å². The van der Waals surface area contributed by atoms with Crippen LogP contribution in [0.5, 0.6) is 5.75 Å². The molecule has 0 aliphatic heterocycles. The van der Waals surface area contributed by atoms with E-state index in [0.29, 0.717) is 13.2 Å². The van der Waals surface area contributed by atoms with Gasteiger partial charge in [0.05, 0.1) is 13.2 Å². The maximum Gasteiger partial charge on any atom is 0.158 e. The van der Waals surface area contributed by atoms with E-state index < -0.39 is 0 Å². The van der Waals surface area contributed by atoms with Gasteiger partial charge in [-0.05, 0) is 36.8 Å². The first-order valence-electron chi connectivity index (χ1n) is 8.01. The summed E-state index contributed by atoms with van der Waals surface area (Å²) < 4.78 is 10.8. The average molecular weight is 339 g/mol. The van der Waals surface area contributed by atoms with Crippen LogP contribution >= 0.6 is 0 Å². The molecule has 0 fully saturated rings. The summed E-state index contributed by atoms with van der Waals surface area (Å²) in [4.78, 5) is 2.38. The number of allylic oxidation sites excluding steroid dienone is 3. The molecule has 0 spiro atoms. The summed E-state index contributed by atoms with van der Waals surface area (Å²) in [5.41, 5.74) is 0. The predicted molar refractivity (Wildman–Crippen MR) is 95.8 cm³/mol. The molecular formula is C18H27O4S+. The highest BCUT2D eigenvalue weighted by atomic mass is 32.2. The number of ether oxygens (including phenoxy) is 2. The van der Waals surface area contributed by atoms with E-state index in [1.54, 1.807) is 0 Å². The minimum atomic E-state index is 0.0221. The minimum absolute atomic E-state index is 0.0221. The highest BCUT2D eigenvalue weighted by Gasteiger charge is 2.14. The van der Waals surface area contributed by atoms with Crippen LogP contribution in [-0.2, 0) is 16.5 Å². The Morgan fingerprint density at radius 1 is 1.00 bits per heavy atom. The van der Waals surface area contributed by atoms with Gasteiger partial charge in [-0.25, -0.2) is 0 Å². The Balaban J connectivity index is 0.00000127. The maximum absolute atomic E-state index is 8.79. The summed E-state index contributed by atoms with van der Waals surface area (Å²) in [5.74, 6) is 1.71. The first-order chi connectivity index (χ1) is 11.3. The van der Waals surface area contributed by atoms with Crippen molar-refractivity contribution in [1.82, 2.24) is 0 Å². The van der Waals surface area contributed by atoms with E-state index in [2.05, 4.69) is 12.2 Å². The lowest BCUT2D eigenvalue weighted by molar-refractivity contribution is 0.139. The average Bonchev–Trinajstić information content (AvgIpc) is 2.61. The smallest absolute Gasteiger partial charge is 0.158 e. The number of aliphatic hydroxyl groups excluding tert-OH is 2. The van der Waals surface area contributed by atoms with Crippen LogP contribution in [0.4, 0.5) is 0 Å². The molecule has 1 aliphatic rings. The Labute approximate surface area is 142 Å². The third kappa shape index (κ3) is 7.59. The van der Waals surface area contributed by atoms with Gasteiger partial charge in [0.25, 0.3) is 0 Å². The summed E-state index contributed by atoms with van der Waals surface area (Å²) >= 11 is 1.13.